The van der Waals surface area contributed by atoms with Crippen LogP contribution < -0.4 is 14.8 Å². The van der Waals surface area contributed by atoms with E-state index in [9.17, 15) is 0 Å². The zero-order valence-corrected chi connectivity index (χ0v) is 18.3. The van der Waals surface area contributed by atoms with Crippen molar-refractivity contribution in [3.63, 3.8) is 0 Å². The molecular formula is C27H22N4O2. The van der Waals surface area contributed by atoms with Crippen molar-refractivity contribution in [3.05, 3.63) is 91.3 Å². The minimum atomic E-state index is 0.599. The van der Waals surface area contributed by atoms with E-state index in [0.29, 0.717) is 11.6 Å². The number of aromatic nitrogens is 3. The summed E-state index contributed by atoms with van der Waals surface area (Å²) in [5.41, 5.74) is 4.59. The second-order valence-corrected chi connectivity index (χ2v) is 7.43. The molecule has 0 unspecified atom stereocenters. The van der Waals surface area contributed by atoms with Crippen LogP contribution in [0.15, 0.2) is 91.3 Å². The fourth-order valence-corrected chi connectivity index (χ4v) is 3.71. The number of pyridine rings is 1. The molecule has 0 amide bonds. The first-order valence-corrected chi connectivity index (χ1v) is 10.5. The van der Waals surface area contributed by atoms with Gasteiger partial charge in [0.25, 0.3) is 0 Å². The Labute approximate surface area is 191 Å². The van der Waals surface area contributed by atoms with Crippen LogP contribution in [0.3, 0.4) is 0 Å². The molecule has 0 aliphatic rings. The first-order valence-electron chi connectivity index (χ1n) is 10.5. The first-order chi connectivity index (χ1) is 16.2. The SMILES string of the molecule is COc1cccc(-c2ccc3nc(-c4cccnc4)nc(Nc4ccccc4OC)c3c2)c1. The number of para-hydroxylation sites is 2. The fourth-order valence-electron chi connectivity index (χ4n) is 3.71. The Bertz CT molecular complexity index is 1420. The van der Waals surface area contributed by atoms with Crippen molar-refractivity contribution in [2.75, 3.05) is 19.5 Å². The third-order valence-corrected chi connectivity index (χ3v) is 5.38. The number of hydrogen-bond donors (Lipinski definition) is 1. The van der Waals surface area contributed by atoms with Gasteiger partial charge in [-0.15, -0.1) is 0 Å². The van der Waals surface area contributed by atoms with Crippen molar-refractivity contribution >= 4 is 22.4 Å². The molecule has 3 aromatic carbocycles. The molecule has 0 radical (unpaired) electrons. The Hall–Kier alpha value is -4.45. The second kappa shape index (κ2) is 8.96. The summed E-state index contributed by atoms with van der Waals surface area (Å²) in [5, 5.41) is 4.35. The average molecular weight is 434 g/mol. The van der Waals surface area contributed by atoms with E-state index < -0.39 is 0 Å². The molecule has 0 fully saturated rings. The lowest BCUT2D eigenvalue weighted by molar-refractivity contribution is 0.415. The Morgan fingerprint density at radius 3 is 2.39 bits per heavy atom. The largest absolute Gasteiger partial charge is 0.497 e. The molecule has 5 aromatic rings. The zero-order chi connectivity index (χ0) is 22.6. The van der Waals surface area contributed by atoms with E-state index in [0.717, 1.165) is 44.8 Å². The van der Waals surface area contributed by atoms with E-state index >= 15 is 0 Å². The lowest BCUT2D eigenvalue weighted by Gasteiger charge is -2.14. The van der Waals surface area contributed by atoms with E-state index in [1.807, 2.05) is 60.7 Å². The van der Waals surface area contributed by atoms with Crippen molar-refractivity contribution in [2.24, 2.45) is 0 Å². The van der Waals surface area contributed by atoms with Crippen LogP contribution in [0, 0.1) is 0 Å². The Balaban J connectivity index is 1.69. The lowest BCUT2D eigenvalue weighted by atomic mass is 10.0. The summed E-state index contributed by atoms with van der Waals surface area (Å²) >= 11 is 0. The molecule has 6 heteroatoms. The van der Waals surface area contributed by atoms with E-state index in [1.54, 1.807) is 26.6 Å². The number of anilines is 2. The molecule has 5 rings (SSSR count). The van der Waals surface area contributed by atoms with Gasteiger partial charge in [-0.05, 0) is 59.7 Å². The van der Waals surface area contributed by atoms with Crippen LogP contribution in [-0.4, -0.2) is 29.2 Å². The molecule has 0 spiro atoms. The van der Waals surface area contributed by atoms with Gasteiger partial charge in [-0.1, -0.05) is 30.3 Å². The zero-order valence-electron chi connectivity index (χ0n) is 18.3. The van der Waals surface area contributed by atoms with Crippen molar-refractivity contribution in [1.82, 2.24) is 15.0 Å². The molecule has 2 heterocycles. The van der Waals surface area contributed by atoms with Gasteiger partial charge in [0, 0.05) is 23.3 Å². The first kappa shape index (κ1) is 20.5. The highest BCUT2D eigenvalue weighted by molar-refractivity contribution is 5.95. The molecule has 162 valence electrons. The Morgan fingerprint density at radius 1 is 0.727 bits per heavy atom. The standard InChI is InChI=1S/C27H22N4O2/c1-32-21-9-5-7-18(15-21)19-12-13-23-22(16-19)27(30-24-10-3-4-11-25(24)33-2)31-26(29-23)20-8-6-14-28-17-20/h3-17H,1-2H3,(H,29,30,31). The minimum absolute atomic E-state index is 0.599. The van der Waals surface area contributed by atoms with Crippen LogP contribution in [0.2, 0.25) is 0 Å². The molecule has 0 atom stereocenters. The molecule has 6 nitrogen and oxygen atoms in total. The van der Waals surface area contributed by atoms with Crippen LogP contribution in [0.5, 0.6) is 11.5 Å². The summed E-state index contributed by atoms with van der Waals surface area (Å²) in [7, 11) is 3.32. The van der Waals surface area contributed by atoms with Crippen molar-refractivity contribution < 1.29 is 9.47 Å². The smallest absolute Gasteiger partial charge is 0.163 e. The monoisotopic (exact) mass is 434 g/mol. The van der Waals surface area contributed by atoms with E-state index in [4.69, 9.17) is 19.4 Å². The van der Waals surface area contributed by atoms with Gasteiger partial charge in [-0.25, -0.2) is 9.97 Å². The summed E-state index contributed by atoms with van der Waals surface area (Å²) in [4.78, 5) is 13.9. The number of hydrogen-bond acceptors (Lipinski definition) is 6. The Kier molecular flexibility index (Phi) is 5.55. The van der Waals surface area contributed by atoms with Gasteiger partial charge in [0.2, 0.25) is 0 Å². The number of nitrogens with zero attached hydrogens (tertiary/aromatic N) is 3. The van der Waals surface area contributed by atoms with Crippen LogP contribution in [0.1, 0.15) is 0 Å². The molecule has 2 aromatic heterocycles. The molecule has 0 aliphatic carbocycles. The molecular weight excluding hydrogens is 412 g/mol. The minimum Gasteiger partial charge on any atom is -0.497 e. The Morgan fingerprint density at radius 2 is 1.58 bits per heavy atom. The van der Waals surface area contributed by atoms with Crippen molar-refractivity contribution in [1.29, 1.82) is 0 Å². The van der Waals surface area contributed by atoms with Gasteiger partial charge < -0.3 is 14.8 Å². The number of ether oxygens (including phenoxy) is 2. The van der Waals surface area contributed by atoms with Gasteiger partial charge in [-0.2, -0.15) is 0 Å². The molecule has 1 N–H and O–H groups in total. The topological polar surface area (TPSA) is 69.2 Å². The fraction of sp³-hybridized carbons (Fsp3) is 0.0741. The van der Waals surface area contributed by atoms with Crippen LogP contribution >= 0.6 is 0 Å². The van der Waals surface area contributed by atoms with Crippen molar-refractivity contribution in [2.45, 2.75) is 0 Å². The second-order valence-electron chi connectivity index (χ2n) is 7.43. The number of fused-ring (bicyclic) bond motifs is 1. The molecule has 0 aliphatic heterocycles. The summed E-state index contributed by atoms with van der Waals surface area (Å²) in [6.07, 6.45) is 3.50. The molecule has 0 saturated carbocycles. The van der Waals surface area contributed by atoms with Crippen LogP contribution in [-0.2, 0) is 0 Å². The maximum absolute atomic E-state index is 5.53. The van der Waals surface area contributed by atoms with Gasteiger partial charge in [0.1, 0.15) is 17.3 Å². The quantitative estimate of drug-likeness (QED) is 0.347. The highest BCUT2D eigenvalue weighted by Gasteiger charge is 2.13. The highest BCUT2D eigenvalue weighted by Crippen LogP contribution is 2.34. The predicted molar refractivity (Wildman–Crippen MR) is 131 cm³/mol. The highest BCUT2D eigenvalue weighted by atomic mass is 16.5. The summed E-state index contributed by atoms with van der Waals surface area (Å²) in [6, 6.07) is 25.7. The van der Waals surface area contributed by atoms with Crippen LogP contribution in [0.25, 0.3) is 33.4 Å². The van der Waals surface area contributed by atoms with Crippen LogP contribution in [0.4, 0.5) is 11.5 Å². The molecule has 33 heavy (non-hydrogen) atoms. The summed E-state index contributed by atoms with van der Waals surface area (Å²) in [6.45, 7) is 0. The van der Waals surface area contributed by atoms with Crippen molar-refractivity contribution in [3.8, 4) is 34.0 Å². The maximum Gasteiger partial charge on any atom is 0.163 e. The average Bonchev–Trinajstić information content (AvgIpc) is 2.89. The van der Waals surface area contributed by atoms with Gasteiger partial charge >= 0.3 is 0 Å². The number of rotatable bonds is 6. The third-order valence-electron chi connectivity index (χ3n) is 5.38. The van der Waals surface area contributed by atoms with E-state index in [1.165, 1.54) is 0 Å². The summed E-state index contributed by atoms with van der Waals surface area (Å²) in [5.74, 6) is 2.83. The summed E-state index contributed by atoms with van der Waals surface area (Å²) < 4.78 is 10.9. The number of benzene rings is 3. The lowest BCUT2D eigenvalue weighted by Crippen LogP contribution is -2.01. The molecule has 0 saturated heterocycles. The van der Waals surface area contributed by atoms with Gasteiger partial charge in [0.05, 0.1) is 25.4 Å². The number of nitrogens with one attached hydrogen (secondary N) is 1. The normalized spacial score (nSPS) is 10.7. The van der Waals surface area contributed by atoms with E-state index in [-0.39, 0.29) is 0 Å². The van der Waals surface area contributed by atoms with Gasteiger partial charge in [0.15, 0.2) is 5.82 Å². The molecule has 0 bridgehead atoms. The third kappa shape index (κ3) is 4.19. The van der Waals surface area contributed by atoms with E-state index in [2.05, 4.69) is 28.5 Å². The van der Waals surface area contributed by atoms with Gasteiger partial charge in [-0.3, -0.25) is 4.98 Å². The maximum atomic E-state index is 5.53. The predicted octanol–water partition coefficient (Wildman–Crippen LogP) is 6.12. The number of methoxy groups -OCH3 is 2.